The first kappa shape index (κ1) is 22.7. The van der Waals surface area contributed by atoms with Gasteiger partial charge in [-0.15, -0.1) is 5.10 Å². The highest BCUT2D eigenvalue weighted by Gasteiger charge is 2.15. The smallest absolute Gasteiger partial charge is 0.187 e. The Morgan fingerprint density at radius 3 is 2.67 bits per heavy atom. The number of nitrogens with zero attached hydrogens (tertiary/aromatic N) is 7. The molecule has 10 heteroatoms. The van der Waals surface area contributed by atoms with Crippen LogP contribution in [0.3, 0.4) is 0 Å². The van der Waals surface area contributed by atoms with Gasteiger partial charge in [-0.25, -0.2) is 9.97 Å². The van der Waals surface area contributed by atoms with Crippen molar-refractivity contribution in [1.82, 2.24) is 40.1 Å². The zero-order chi connectivity index (χ0) is 23.2. The number of rotatable bonds is 11. The van der Waals surface area contributed by atoms with E-state index in [1.165, 1.54) is 0 Å². The summed E-state index contributed by atoms with van der Waals surface area (Å²) in [5, 5.41) is 19.8. The molecule has 0 aliphatic carbocycles. The Bertz CT molecular complexity index is 1170. The molecule has 3 heterocycles. The summed E-state index contributed by atoms with van der Waals surface area (Å²) in [6.07, 6.45) is 6.59. The van der Waals surface area contributed by atoms with Crippen LogP contribution in [0.1, 0.15) is 52.0 Å². The van der Waals surface area contributed by atoms with Gasteiger partial charge in [-0.05, 0) is 64.5 Å². The Labute approximate surface area is 193 Å². The second-order valence-electron chi connectivity index (χ2n) is 7.93. The van der Waals surface area contributed by atoms with Crippen molar-refractivity contribution in [1.29, 1.82) is 0 Å². The van der Waals surface area contributed by atoms with Gasteiger partial charge < -0.3 is 15.4 Å². The first-order chi connectivity index (χ1) is 16.1. The van der Waals surface area contributed by atoms with Crippen LogP contribution in [-0.2, 0) is 0 Å². The first-order valence-electron chi connectivity index (χ1n) is 11.4. The number of fused-ring (bicyclic) bond motifs is 1. The Morgan fingerprint density at radius 2 is 1.91 bits per heavy atom. The molecular weight excluding hydrogens is 418 g/mol. The molecule has 10 nitrogen and oxygen atoms in total. The minimum atomic E-state index is -0.118. The van der Waals surface area contributed by atoms with E-state index in [0.717, 1.165) is 36.6 Å². The van der Waals surface area contributed by atoms with Crippen LogP contribution in [0.5, 0.6) is 5.75 Å². The number of anilines is 1. The van der Waals surface area contributed by atoms with Crippen LogP contribution in [0.25, 0.3) is 16.9 Å². The van der Waals surface area contributed by atoms with Crippen molar-refractivity contribution in [3.63, 3.8) is 0 Å². The molecule has 2 N–H and O–H groups in total. The highest BCUT2D eigenvalue weighted by molar-refractivity contribution is 5.70. The maximum atomic E-state index is 5.52. The summed E-state index contributed by atoms with van der Waals surface area (Å²) in [6.45, 7) is 10.8. The van der Waals surface area contributed by atoms with Gasteiger partial charge in [0.1, 0.15) is 5.75 Å². The third kappa shape index (κ3) is 5.28. The summed E-state index contributed by atoms with van der Waals surface area (Å²) >= 11 is 0. The Hall–Kier alpha value is -3.53. The van der Waals surface area contributed by atoms with Crippen molar-refractivity contribution in [3.8, 4) is 11.4 Å². The number of benzene rings is 1. The predicted molar refractivity (Wildman–Crippen MR) is 128 cm³/mol. The topological polar surface area (TPSA) is 108 Å². The van der Waals surface area contributed by atoms with Gasteiger partial charge in [0.25, 0.3) is 0 Å². The lowest BCUT2D eigenvalue weighted by Gasteiger charge is -2.13. The van der Waals surface area contributed by atoms with Crippen LogP contribution in [0, 0.1) is 0 Å². The SMILES string of the molecule is CCNCCC(C)n1cc(N[C@@H](C)c2ncc3nnn(-c4ccc(OCC)cc4)c3n2)cn1. The van der Waals surface area contributed by atoms with Gasteiger partial charge in [0.05, 0.1) is 42.5 Å². The first-order valence-corrected chi connectivity index (χ1v) is 11.4. The quantitative estimate of drug-likeness (QED) is 0.335. The Kier molecular flexibility index (Phi) is 7.13. The molecule has 0 saturated carbocycles. The van der Waals surface area contributed by atoms with E-state index in [0.29, 0.717) is 29.6 Å². The summed E-state index contributed by atoms with van der Waals surface area (Å²) in [6, 6.07) is 7.90. The van der Waals surface area contributed by atoms with Crippen LogP contribution in [-0.4, -0.2) is 54.4 Å². The molecule has 1 aromatic carbocycles. The average Bonchev–Trinajstić information content (AvgIpc) is 3.47. The van der Waals surface area contributed by atoms with E-state index in [1.54, 1.807) is 10.9 Å². The minimum Gasteiger partial charge on any atom is -0.494 e. The van der Waals surface area contributed by atoms with Gasteiger partial charge in [0.2, 0.25) is 0 Å². The molecule has 0 aliphatic rings. The van der Waals surface area contributed by atoms with Gasteiger partial charge in [0, 0.05) is 6.20 Å². The van der Waals surface area contributed by atoms with E-state index in [4.69, 9.17) is 9.72 Å². The fraction of sp³-hybridized carbons (Fsp3) is 0.435. The van der Waals surface area contributed by atoms with Crippen LogP contribution >= 0.6 is 0 Å². The largest absolute Gasteiger partial charge is 0.494 e. The summed E-state index contributed by atoms with van der Waals surface area (Å²) in [5.41, 5.74) is 3.09. The Balaban J connectivity index is 1.49. The highest BCUT2D eigenvalue weighted by Crippen LogP contribution is 2.21. The number of aromatic nitrogens is 7. The van der Waals surface area contributed by atoms with Crippen molar-refractivity contribution in [2.45, 2.75) is 46.2 Å². The molecule has 0 radical (unpaired) electrons. The molecule has 0 amide bonds. The van der Waals surface area contributed by atoms with Gasteiger partial charge in [-0.2, -0.15) is 9.78 Å². The van der Waals surface area contributed by atoms with Gasteiger partial charge in [-0.3, -0.25) is 4.68 Å². The van der Waals surface area contributed by atoms with Crippen molar-refractivity contribution >= 4 is 16.9 Å². The number of nitrogens with one attached hydrogen (secondary N) is 2. The lowest BCUT2D eigenvalue weighted by Crippen LogP contribution is -2.18. The molecule has 0 saturated heterocycles. The van der Waals surface area contributed by atoms with Gasteiger partial charge in [-0.1, -0.05) is 12.1 Å². The van der Waals surface area contributed by atoms with Crippen molar-refractivity contribution in [3.05, 3.63) is 48.7 Å². The standard InChI is InChI=1S/C23H31N9O/c1-5-24-12-11-16(3)31-15-18(13-26-31)27-17(4)22-25-14-21-23(28-22)32(30-29-21)19-7-9-20(10-8-19)33-6-2/h7-10,13-17,24,27H,5-6,11-12H2,1-4H3/t16?,17-/m0/s1. The third-order valence-electron chi connectivity index (χ3n) is 5.42. The molecule has 0 fully saturated rings. The van der Waals surface area contributed by atoms with E-state index in [2.05, 4.69) is 44.9 Å². The molecular formula is C23H31N9O. The predicted octanol–water partition coefficient (Wildman–Crippen LogP) is 3.54. The van der Waals surface area contributed by atoms with E-state index in [-0.39, 0.29) is 6.04 Å². The van der Waals surface area contributed by atoms with Crippen LogP contribution in [0.4, 0.5) is 5.69 Å². The molecule has 3 aromatic heterocycles. The third-order valence-corrected chi connectivity index (χ3v) is 5.42. The van der Waals surface area contributed by atoms with Gasteiger partial charge in [0.15, 0.2) is 17.0 Å². The zero-order valence-electron chi connectivity index (χ0n) is 19.6. The van der Waals surface area contributed by atoms with E-state index in [9.17, 15) is 0 Å². The molecule has 0 bridgehead atoms. The van der Waals surface area contributed by atoms with Crippen LogP contribution in [0.2, 0.25) is 0 Å². The fourth-order valence-corrected chi connectivity index (χ4v) is 3.56. The fourth-order valence-electron chi connectivity index (χ4n) is 3.56. The summed E-state index contributed by atoms with van der Waals surface area (Å²) in [7, 11) is 0. The molecule has 174 valence electrons. The normalized spacial score (nSPS) is 13.2. The molecule has 4 aromatic rings. The van der Waals surface area contributed by atoms with E-state index in [1.807, 2.05) is 55.2 Å². The zero-order valence-corrected chi connectivity index (χ0v) is 19.6. The van der Waals surface area contributed by atoms with Gasteiger partial charge >= 0.3 is 0 Å². The summed E-state index contributed by atoms with van der Waals surface area (Å²) in [4.78, 5) is 9.25. The number of hydrogen-bond acceptors (Lipinski definition) is 8. The molecule has 0 aliphatic heterocycles. The molecule has 2 atom stereocenters. The van der Waals surface area contributed by atoms with Crippen molar-refractivity contribution in [2.75, 3.05) is 25.0 Å². The maximum Gasteiger partial charge on any atom is 0.187 e. The van der Waals surface area contributed by atoms with E-state index < -0.39 is 0 Å². The number of hydrogen-bond donors (Lipinski definition) is 2. The molecule has 1 unspecified atom stereocenters. The second kappa shape index (κ2) is 10.4. The highest BCUT2D eigenvalue weighted by atomic mass is 16.5. The average molecular weight is 450 g/mol. The number of ether oxygens (including phenoxy) is 1. The Morgan fingerprint density at radius 1 is 1.09 bits per heavy atom. The van der Waals surface area contributed by atoms with Crippen molar-refractivity contribution in [2.24, 2.45) is 0 Å². The monoisotopic (exact) mass is 449 g/mol. The minimum absolute atomic E-state index is 0.118. The molecule has 0 spiro atoms. The lowest BCUT2D eigenvalue weighted by atomic mass is 10.2. The summed E-state index contributed by atoms with van der Waals surface area (Å²) in [5.74, 6) is 1.47. The maximum absolute atomic E-state index is 5.52. The summed E-state index contributed by atoms with van der Waals surface area (Å²) < 4.78 is 9.23. The van der Waals surface area contributed by atoms with E-state index >= 15 is 0 Å². The lowest BCUT2D eigenvalue weighted by molar-refractivity contribution is 0.340. The van der Waals surface area contributed by atoms with Crippen LogP contribution < -0.4 is 15.4 Å². The van der Waals surface area contributed by atoms with Crippen molar-refractivity contribution < 1.29 is 4.74 Å². The molecule has 33 heavy (non-hydrogen) atoms. The second-order valence-corrected chi connectivity index (χ2v) is 7.93. The molecule has 4 rings (SSSR count). The van der Waals surface area contributed by atoms with Crippen LogP contribution in [0.15, 0.2) is 42.9 Å².